The van der Waals surface area contributed by atoms with Gasteiger partial charge < -0.3 is 10.2 Å². The van der Waals surface area contributed by atoms with Crippen LogP contribution in [0.1, 0.15) is 24.0 Å². The molecule has 0 bridgehead atoms. The van der Waals surface area contributed by atoms with Crippen LogP contribution >= 0.6 is 24.8 Å². The second kappa shape index (κ2) is 13.6. The maximum Gasteiger partial charge on any atom is 0.236 e. The minimum atomic E-state index is 0. The monoisotopic (exact) mass is 437 g/mol. The van der Waals surface area contributed by atoms with E-state index in [1.807, 2.05) is 19.2 Å². The standard InChI is InChI=1S/C23H31N3O.2ClH/c1-24-15-22-13-8-14-26(18-22)23(27)19-25(16-20-9-4-2-5-10-20)17-21-11-6-3-7-12-21;;/h2-7,9-12,22,24H,8,13-19H2,1H3;2*1H. The van der Waals surface area contributed by atoms with Gasteiger partial charge in [0.05, 0.1) is 6.54 Å². The van der Waals surface area contributed by atoms with E-state index in [9.17, 15) is 4.79 Å². The molecule has 6 heteroatoms. The maximum absolute atomic E-state index is 13.0. The summed E-state index contributed by atoms with van der Waals surface area (Å²) in [4.78, 5) is 17.3. The van der Waals surface area contributed by atoms with Crippen molar-refractivity contribution in [3.63, 3.8) is 0 Å². The van der Waals surface area contributed by atoms with Crippen molar-refractivity contribution in [1.29, 1.82) is 0 Å². The fourth-order valence-corrected chi connectivity index (χ4v) is 3.89. The van der Waals surface area contributed by atoms with E-state index in [0.717, 1.165) is 39.1 Å². The third-order valence-corrected chi connectivity index (χ3v) is 5.22. The van der Waals surface area contributed by atoms with Gasteiger partial charge >= 0.3 is 0 Å². The molecule has 1 fully saturated rings. The molecule has 29 heavy (non-hydrogen) atoms. The highest BCUT2D eigenvalue weighted by atomic mass is 35.5. The summed E-state index contributed by atoms with van der Waals surface area (Å²) < 4.78 is 0. The number of hydrogen-bond donors (Lipinski definition) is 1. The summed E-state index contributed by atoms with van der Waals surface area (Å²) in [6.45, 7) is 4.80. The van der Waals surface area contributed by atoms with Crippen molar-refractivity contribution in [1.82, 2.24) is 15.1 Å². The van der Waals surface area contributed by atoms with E-state index in [1.54, 1.807) is 0 Å². The number of halogens is 2. The van der Waals surface area contributed by atoms with Crippen LogP contribution in [0.4, 0.5) is 0 Å². The average Bonchev–Trinajstić information content (AvgIpc) is 2.70. The molecule has 1 heterocycles. The van der Waals surface area contributed by atoms with Crippen LogP contribution in [0, 0.1) is 5.92 Å². The summed E-state index contributed by atoms with van der Waals surface area (Å²) in [5.74, 6) is 0.826. The lowest BCUT2D eigenvalue weighted by Gasteiger charge is -2.34. The third-order valence-electron chi connectivity index (χ3n) is 5.22. The Bertz CT molecular complexity index is 656. The first-order valence-corrected chi connectivity index (χ1v) is 9.97. The SMILES string of the molecule is CNCC1CCCN(C(=O)CN(Cc2ccccc2)Cc2ccccc2)C1.Cl.Cl. The number of nitrogens with zero attached hydrogens (tertiary/aromatic N) is 2. The first-order chi connectivity index (χ1) is 13.2. The smallest absolute Gasteiger partial charge is 0.236 e. The first kappa shape index (κ1) is 25.4. The molecule has 1 amide bonds. The van der Waals surface area contributed by atoms with E-state index in [0.29, 0.717) is 12.5 Å². The van der Waals surface area contributed by atoms with Crippen molar-refractivity contribution in [3.05, 3.63) is 71.8 Å². The molecule has 2 aromatic rings. The minimum Gasteiger partial charge on any atom is -0.341 e. The average molecular weight is 438 g/mol. The number of likely N-dealkylation sites (tertiary alicyclic amines) is 1. The number of rotatable bonds is 8. The summed E-state index contributed by atoms with van der Waals surface area (Å²) in [7, 11) is 1.99. The molecule has 160 valence electrons. The molecule has 1 aliphatic rings. The van der Waals surface area contributed by atoms with E-state index < -0.39 is 0 Å². The predicted molar refractivity (Wildman–Crippen MR) is 125 cm³/mol. The highest BCUT2D eigenvalue weighted by molar-refractivity contribution is 5.85. The van der Waals surface area contributed by atoms with Crippen LogP contribution in [0.15, 0.2) is 60.7 Å². The molecule has 0 radical (unpaired) electrons. The van der Waals surface area contributed by atoms with Crippen molar-refractivity contribution in [2.75, 3.05) is 33.2 Å². The van der Waals surface area contributed by atoms with Gasteiger partial charge in [0.1, 0.15) is 0 Å². The predicted octanol–water partition coefficient (Wildman–Crippen LogP) is 3.99. The molecule has 0 spiro atoms. The molecule has 1 aliphatic heterocycles. The molecule has 4 nitrogen and oxygen atoms in total. The molecular formula is C23H33Cl2N3O. The van der Waals surface area contributed by atoms with Gasteiger partial charge in [-0.3, -0.25) is 9.69 Å². The molecular weight excluding hydrogens is 405 g/mol. The fraction of sp³-hybridized carbons (Fsp3) is 0.435. The third kappa shape index (κ3) is 8.35. The molecule has 1 atom stereocenters. The van der Waals surface area contributed by atoms with Crippen LogP contribution in [0.2, 0.25) is 0 Å². The topological polar surface area (TPSA) is 35.6 Å². The second-order valence-corrected chi connectivity index (χ2v) is 7.52. The van der Waals surface area contributed by atoms with Gasteiger partial charge in [0, 0.05) is 26.2 Å². The van der Waals surface area contributed by atoms with Crippen LogP contribution in [0.5, 0.6) is 0 Å². The van der Waals surface area contributed by atoms with Gasteiger partial charge in [-0.25, -0.2) is 0 Å². The number of nitrogens with one attached hydrogen (secondary N) is 1. The Kier molecular flexibility index (Phi) is 11.9. The molecule has 1 unspecified atom stereocenters. The van der Waals surface area contributed by atoms with Crippen molar-refractivity contribution < 1.29 is 4.79 Å². The summed E-state index contributed by atoms with van der Waals surface area (Å²) in [6.07, 6.45) is 2.32. The molecule has 0 aromatic heterocycles. The number of hydrogen-bond acceptors (Lipinski definition) is 3. The molecule has 0 aliphatic carbocycles. The highest BCUT2D eigenvalue weighted by Crippen LogP contribution is 2.17. The zero-order chi connectivity index (χ0) is 18.9. The van der Waals surface area contributed by atoms with Gasteiger partial charge in [-0.1, -0.05) is 60.7 Å². The highest BCUT2D eigenvalue weighted by Gasteiger charge is 2.24. The van der Waals surface area contributed by atoms with Gasteiger partial charge in [-0.05, 0) is 43.5 Å². The lowest BCUT2D eigenvalue weighted by atomic mass is 9.98. The Morgan fingerprint density at radius 1 is 1.00 bits per heavy atom. The summed E-state index contributed by atoms with van der Waals surface area (Å²) in [5.41, 5.74) is 2.49. The molecule has 1 N–H and O–H groups in total. The lowest BCUT2D eigenvalue weighted by Crippen LogP contribution is -2.46. The Hall–Kier alpha value is -1.59. The van der Waals surface area contributed by atoms with E-state index in [2.05, 4.69) is 63.6 Å². The van der Waals surface area contributed by atoms with E-state index >= 15 is 0 Å². The van der Waals surface area contributed by atoms with E-state index in [4.69, 9.17) is 0 Å². The molecule has 1 saturated heterocycles. The summed E-state index contributed by atoms with van der Waals surface area (Å²) >= 11 is 0. The molecule has 3 rings (SSSR count). The zero-order valence-electron chi connectivity index (χ0n) is 17.1. The first-order valence-electron chi connectivity index (χ1n) is 9.97. The Morgan fingerprint density at radius 2 is 1.55 bits per heavy atom. The van der Waals surface area contributed by atoms with Gasteiger partial charge in [-0.15, -0.1) is 24.8 Å². The van der Waals surface area contributed by atoms with Crippen LogP contribution < -0.4 is 5.32 Å². The maximum atomic E-state index is 13.0. The Morgan fingerprint density at radius 3 is 2.07 bits per heavy atom. The van der Waals surface area contributed by atoms with Gasteiger partial charge in [0.25, 0.3) is 0 Å². The summed E-state index contributed by atoms with van der Waals surface area (Å²) in [6, 6.07) is 20.8. The van der Waals surface area contributed by atoms with Crippen LogP contribution in [-0.4, -0.2) is 48.9 Å². The van der Waals surface area contributed by atoms with Crippen molar-refractivity contribution in [2.45, 2.75) is 25.9 Å². The van der Waals surface area contributed by atoms with Crippen molar-refractivity contribution in [3.8, 4) is 0 Å². The number of carbonyl (C=O) groups is 1. The van der Waals surface area contributed by atoms with Gasteiger partial charge in [-0.2, -0.15) is 0 Å². The summed E-state index contributed by atoms with van der Waals surface area (Å²) in [5, 5.41) is 3.25. The minimum absolute atomic E-state index is 0. The van der Waals surface area contributed by atoms with Crippen LogP contribution in [-0.2, 0) is 17.9 Å². The number of carbonyl (C=O) groups excluding carboxylic acids is 1. The zero-order valence-corrected chi connectivity index (χ0v) is 18.8. The quantitative estimate of drug-likeness (QED) is 0.677. The normalized spacial score (nSPS) is 16.1. The van der Waals surface area contributed by atoms with E-state index in [1.165, 1.54) is 17.5 Å². The van der Waals surface area contributed by atoms with E-state index in [-0.39, 0.29) is 30.7 Å². The van der Waals surface area contributed by atoms with Gasteiger partial charge in [0.15, 0.2) is 0 Å². The fourth-order valence-electron chi connectivity index (χ4n) is 3.89. The Balaban J connectivity index is 0.00000210. The molecule has 0 saturated carbocycles. The van der Waals surface area contributed by atoms with Crippen molar-refractivity contribution in [2.24, 2.45) is 5.92 Å². The van der Waals surface area contributed by atoms with Gasteiger partial charge in [0.2, 0.25) is 5.91 Å². The van der Waals surface area contributed by atoms with Crippen LogP contribution in [0.3, 0.4) is 0 Å². The Labute approximate surface area is 187 Å². The van der Waals surface area contributed by atoms with Crippen molar-refractivity contribution >= 4 is 30.7 Å². The largest absolute Gasteiger partial charge is 0.341 e. The molecule has 2 aromatic carbocycles. The second-order valence-electron chi connectivity index (χ2n) is 7.52. The lowest BCUT2D eigenvalue weighted by molar-refractivity contribution is -0.134. The number of benzene rings is 2. The number of piperidine rings is 1. The number of amides is 1. The van der Waals surface area contributed by atoms with Crippen LogP contribution in [0.25, 0.3) is 0 Å².